The molecule has 5 nitrogen and oxygen atoms in total. The van der Waals surface area contributed by atoms with Crippen LogP contribution in [0, 0.1) is 11.6 Å². The van der Waals surface area contributed by atoms with Gasteiger partial charge in [-0.2, -0.15) is 0 Å². The van der Waals surface area contributed by atoms with Gasteiger partial charge in [0.1, 0.15) is 11.6 Å². The number of benzene rings is 2. The Morgan fingerprint density at radius 3 is 2.73 bits per heavy atom. The number of rotatable bonds is 10. The van der Waals surface area contributed by atoms with Crippen molar-refractivity contribution in [2.24, 2.45) is 0 Å². The number of amides is 2. The molecular weight excluding hydrogens is 388 g/mol. The number of ether oxygens (including phenoxy) is 1. The third-order valence-electron chi connectivity index (χ3n) is 5.15. The first kappa shape index (κ1) is 22.0. The minimum atomic E-state index is -0.592. The largest absolute Gasteiger partial charge is 0.381 e. The van der Waals surface area contributed by atoms with E-state index >= 15 is 0 Å². The molecule has 1 saturated heterocycles. The van der Waals surface area contributed by atoms with E-state index in [-0.39, 0.29) is 12.1 Å². The Kier molecular flexibility index (Phi) is 8.44. The van der Waals surface area contributed by atoms with Gasteiger partial charge >= 0.3 is 6.03 Å². The van der Waals surface area contributed by atoms with E-state index in [9.17, 15) is 13.6 Å². The fraction of sp³-hybridized carbons (Fsp3) is 0.435. The summed E-state index contributed by atoms with van der Waals surface area (Å²) >= 11 is 0. The number of nitrogens with zero attached hydrogens (tertiary/aromatic N) is 1. The lowest BCUT2D eigenvalue weighted by Gasteiger charge is -2.19. The predicted octanol–water partition coefficient (Wildman–Crippen LogP) is 3.88. The van der Waals surface area contributed by atoms with Crippen LogP contribution in [0.15, 0.2) is 48.5 Å². The number of urea groups is 1. The Labute approximate surface area is 176 Å². The second-order valence-corrected chi connectivity index (χ2v) is 7.48. The molecule has 2 aromatic carbocycles. The summed E-state index contributed by atoms with van der Waals surface area (Å²) in [4.78, 5) is 13.9. The highest BCUT2D eigenvalue weighted by Gasteiger charge is 2.25. The normalized spacial score (nSPS) is 15.9. The Bertz CT molecular complexity index is 804. The predicted molar refractivity (Wildman–Crippen MR) is 114 cm³/mol. The van der Waals surface area contributed by atoms with Crippen molar-refractivity contribution in [3.8, 4) is 0 Å². The van der Waals surface area contributed by atoms with Crippen molar-refractivity contribution in [1.29, 1.82) is 0 Å². The highest BCUT2D eigenvalue weighted by molar-refractivity contribution is 5.74. The average molecular weight is 418 g/mol. The average Bonchev–Trinajstić information content (AvgIpc) is 3.18. The number of nitrogens with one attached hydrogen (secondary N) is 2. The topological polar surface area (TPSA) is 53.6 Å². The highest BCUT2D eigenvalue weighted by atomic mass is 19.1. The van der Waals surface area contributed by atoms with Gasteiger partial charge in [0, 0.05) is 38.3 Å². The van der Waals surface area contributed by atoms with E-state index in [1.165, 1.54) is 17.7 Å². The van der Waals surface area contributed by atoms with Gasteiger partial charge in [-0.1, -0.05) is 30.3 Å². The molecule has 1 heterocycles. The first-order valence-electron chi connectivity index (χ1n) is 10.5. The molecule has 0 bridgehead atoms. The lowest BCUT2D eigenvalue weighted by molar-refractivity contribution is 0.133. The van der Waals surface area contributed by atoms with Crippen molar-refractivity contribution in [1.82, 2.24) is 10.6 Å². The molecule has 1 fully saturated rings. The summed E-state index contributed by atoms with van der Waals surface area (Å²) in [6.45, 7) is 3.08. The minimum Gasteiger partial charge on any atom is -0.381 e. The van der Waals surface area contributed by atoms with Crippen molar-refractivity contribution in [2.45, 2.75) is 31.7 Å². The number of hydrogen-bond acceptors (Lipinski definition) is 3. The number of unbranched alkanes of at least 4 members (excludes halogenated alkanes) is 1. The summed E-state index contributed by atoms with van der Waals surface area (Å²) in [5, 5.41) is 5.77. The standard InChI is InChI=1S/C23H29F2N3O2/c24-19-8-9-22(21(25)16-19)28-13-10-20(17-28)27-23(29)26-12-4-5-14-30-15-11-18-6-2-1-3-7-18/h1-3,6-9,16,20H,4-5,10-15,17H2,(H2,26,27,29). The van der Waals surface area contributed by atoms with E-state index in [1.807, 2.05) is 23.1 Å². The lowest BCUT2D eigenvalue weighted by atomic mass is 10.2. The van der Waals surface area contributed by atoms with Gasteiger partial charge in [-0.3, -0.25) is 0 Å². The summed E-state index contributed by atoms with van der Waals surface area (Å²) in [7, 11) is 0. The highest BCUT2D eigenvalue weighted by Crippen LogP contribution is 2.24. The number of hydrogen-bond donors (Lipinski definition) is 2. The maximum Gasteiger partial charge on any atom is 0.315 e. The van der Waals surface area contributed by atoms with E-state index in [2.05, 4.69) is 22.8 Å². The molecule has 3 rings (SSSR count). The molecule has 0 aromatic heterocycles. The van der Waals surface area contributed by atoms with Crippen molar-refractivity contribution in [3.63, 3.8) is 0 Å². The maximum absolute atomic E-state index is 13.9. The van der Waals surface area contributed by atoms with Crippen LogP contribution in [0.5, 0.6) is 0 Å². The van der Waals surface area contributed by atoms with Crippen molar-refractivity contribution in [3.05, 3.63) is 65.7 Å². The van der Waals surface area contributed by atoms with Gasteiger partial charge in [0.05, 0.1) is 12.3 Å². The zero-order valence-corrected chi connectivity index (χ0v) is 17.1. The van der Waals surface area contributed by atoms with Gasteiger partial charge in [-0.05, 0) is 43.4 Å². The van der Waals surface area contributed by atoms with Crippen LogP contribution in [0.2, 0.25) is 0 Å². The van der Waals surface area contributed by atoms with E-state index in [0.717, 1.165) is 31.7 Å². The molecule has 1 aliphatic heterocycles. The smallest absolute Gasteiger partial charge is 0.315 e. The van der Waals surface area contributed by atoms with Crippen LogP contribution in [0.1, 0.15) is 24.8 Å². The van der Waals surface area contributed by atoms with Crippen LogP contribution < -0.4 is 15.5 Å². The van der Waals surface area contributed by atoms with Gasteiger partial charge in [0.25, 0.3) is 0 Å². The molecule has 1 atom stereocenters. The maximum atomic E-state index is 13.9. The lowest BCUT2D eigenvalue weighted by Crippen LogP contribution is -2.43. The molecule has 2 amide bonds. The van der Waals surface area contributed by atoms with Gasteiger partial charge in [0.15, 0.2) is 0 Å². The minimum absolute atomic E-state index is 0.0595. The monoisotopic (exact) mass is 417 g/mol. The fourth-order valence-corrected chi connectivity index (χ4v) is 3.54. The van der Waals surface area contributed by atoms with Crippen LogP contribution in [0.25, 0.3) is 0 Å². The zero-order valence-electron chi connectivity index (χ0n) is 17.1. The van der Waals surface area contributed by atoms with E-state index < -0.39 is 11.6 Å². The summed E-state index contributed by atoms with van der Waals surface area (Å²) in [5.41, 5.74) is 1.64. The number of carbonyl (C=O) groups is 1. The molecular formula is C23H29F2N3O2. The first-order chi connectivity index (χ1) is 14.6. The van der Waals surface area contributed by atoms with E-state index in [0.29, 0.717) is 38.5 Å². The summed E-state index contributed by atoms with van der Waals surface area (Å²) in [6, 6.07) is 13.5. The molecule has 0 saturated carbocycles. The first-order valence-corrected chi connectivity index (χ1v) is 10.5. The van der Waals surface area contributed by atoms with Crippen LogP contribution in [-0.2, 0) is 11.2 Å². The summed E-state index contributed by atoms with van der Waals surface area (Å²) in [5.74, 6) is -1.17. The third kappa shape index (κ3) is 6.99. The van der Waals surface area contributed by atoms with Crippen LogP contribution >= 0.6 is 0 Å². The van der Waals surface area contributed by atoms with E-state index in [1.54, 1.807) is 0 Å². The Hall–Kier alpha value is -2.67. The molecule has 2 aromatic rings. The van der Waals surface area contributed by atoms with Crippen molar-refractivity contribution < 1.29 is 18.3 Å². The van der Waals surface area contributed by atoms with Crippen LogP contribution in [-0.4, -0.2) is 44.9 Å². The number of anilines is 1. The molecule has 2 N–H and O–H groups in total. The van der Waals surface area contributed by atoms with Gasteiger partial charge in [-0.15, -0.1) is 0 Å². The van der Waals surface area contributed by atoms with Crippen molar-refractivity contribution in [2.75, 3.05) is 37.7 Å². The van der Waals surface area contributed by atoms with Crippen LogP contribution in [0.3, 0.4) is 0 Å². The Balaban J connectivity index is 1.23. The summed E-state index contributed by atoms with van der Waals surface area (Å²) < 4.78 is 32.6. The fourth-order valence-electron chi connectivity index (χ4n) is 3.54. The zero-order chi connectivity index (χ0) is 21.2. The molecule has 1 aliphatic rings. The number of halogens is 2. The van der Waals surface area contributed by atoms with Gasteiger partial charge in [0.2, 0.25) is 0 Å². The molecule has 7 heteroatoms. The van der Waals surface area contributed by atoms with E-state index in [4.69, 9.17) is 4.74 Å². The molecule has 0 aliphatic carbocycles. The number of carbonyl (C=O) groups excluding carboxylic acids is 1. The van der Waals surface area contributed by atoms with Crippen molar-refractivity contribution >= 4 is 11.7 Å². The molecule has 0 spiro atoms. The SMILES string of the molecule is O=C(NCCCCOCCc1ccccc1)NC1CCN(c2ccc(F)cc2F)C1. The van der Waals surface area contributed by atoms with Crippen LogP contribution in [0.4, 0.5) is 19.3 Å². The molecule has 30 heavy (non-hydrogen) atoms. The third-order valence-corrected chi connectivity index (χ3v) is 5.15. The molecule has 162 valence electrons. The molecule has 0 radical (unpaired) electrons. The second kappa shape index (κ2) is 11.5. The summed E-state index contributed by atoms with van der Waals surface area (Å²) in [6.07, 6.45) is 3.35. The Morgan fingerprint density at radius 1 is 1.10 bits per heavy atom. The second-order valence-electron chi connectivity index (χ2n) is 7.48. The molecule has 1 unspecified atom stereocenters. The van der Waals surface area contributed by atoms with Gasteiger partial charge < -0.3 is 20.3 Å². The quantitative estimate of drug-likeness (QED) is 0.577. The van der Waals surface area contributed by atoms with Gasteiger partial charge in [-0.25, -0.2) is 13.6 Å². The Morgan fingerprint density at radius 2 is 1.93 bits per heavy atom.